The van der Waals surface area contributed by atoms with Crippen LogP contribution in [0.1, 0.15) is 0 Å². The lowest BCUT2D eigenvalue weighted by Gasteiger charge is -1.94. The first-order chi connectivity index (χ1) is 5.41. The van der Waals surface area contributed by atoms with Gasteiger partial charge in [-0.15, -0.1) is 3.89 Å². The Morgan fingerprint density at radius 1 is 1.08 bits per heavy atom. The fourth-order valence-electron chi connectivity index (χ4n) is 0.629. The third kappa shape index (κ3) is 1.76. The maximum Gasteiger partial charge on any atom is 0.332 e. The van der Waals surface area contributed by atoms with E-state index in [1.807, 2.05) is 0 Å². The number of halogens is 3. The molecule has 1 aromatic rings. The van der Waals surface area contributed by atoms with Crippen LogP contribution >= 0.6 is 0 Å². The fraction of sp³-hybridized carbons (Fsp3) is 0. The van der Waals surface area contributed by atoms with E-state index in [-0.39, 0.29) is 6.07 Å². The zero-order valence-electron chi connectivity index (χ0n) is 5.59. The molecule has 0 bridgehead atoms. The van der Waals surface area contributed by atoms with Crippen LogP contribution in [-0.2, 0) is 10.2 Å². The predicted octanol–water partition coefficient (Wildman–Crippen LogP) is 1.62. The average Bonchev–Trinajstić information content (AvgIpc) is 1.92. The van der Waals surface area contributed by atoms with E-state index in [2.05, 4.69) is 0 Å². The first kappa shape index (κ1) is 9.05. The average molecular weight is 196 g/mol. The van der Waals surface area contributed by atoms with E-state index in [0.29, 0.717) is 12.1 Å². The Balaban J connectivity index is 3.33. The molecule has 2 nitrogen and oxygen atoms in total. The summed E-state index contributed by atoms with van der Waals surface area (Å²) in [6.45, 7) is 0. The maximum absolute atomic E-state index is 12.3. The quantitative estimate of drug-likeness (QED) is 0.639. The van der Waals surface area contributed by atoms with E-state index in [4.69, 9.17) is 0 Å². The maximum atomic E-state index is 12.3. The lowest BCUT2D eigenvalue weighted by atomic mass is 10.3. The minimum absolute atomic E-state index is 0.282. The summed E-state index contributed by atoms with van der Waals surface area (Å²) < 4.78 is 56.9. The summed E-state index contributed by atoms with van der Waals surface area (Å²) in [5.74, 6) is -2.61. The first-order valence-electron chi connectivity index (χ1n) is 2.81. The van der Waals surface area contributed by atoms with Gasteiger partial charge in [0.1, 0.15) is 4.90 Å². The largest absolute Gasteiger partial charge is 0.332 e. The van der Waals surface area contributed by atoms with Crippen molar-refractivity contribution in [1.82, 2.24) is 0 Å². The summed E-state index contributed by atoms with van der Waals surface area (Å²) in [6.07, 6.45) is 0. The van der Waals surface area contributed by atoms with Crippen molar-refractivity contribution in [3.05, 3.63) is 29.8 Å². The van der Waals surface area contributed by atoms with Crippen LogP contribution in [0.3, 0.4) is 0 Å². The highest BCUT2D eigenvalue weighted by atomic mass is 32.3. The Morgan fingerprint density at radius 2 is 1.67 bits per heavy atom. The Kier molecular flexibility index (Phi) is 2.10. The van der Waals surface area contributed by atoms with Crippen molar-refractivity contribution in [2.45, 2.75) is 4.90 Å². The molecule has 12 heavy (non-hydrogen) atoms. The molecule has 0 fully saturated rings. The van der Waals surface area contributed by atoms with Gasteiger partial charge >= 0.3 is 10.2 Å². The standard InChI is InChI=1S/C6H3F3O2S/c7-5-2-1-4(3-6(5)8)12(9,10)11/h1-3H. The molecule has 0 spiro atoms. The smallest absolute Gasteiger partial charge is 0.204 e. The summed E-state index contributed by atoms with van der Waals surface area (Å²) >= 11 is 0. The molecule has 1 aromatic carbocycles. The zero-order chi connectivity index (χ0) is 9.35. The molecule has 0 radical (unpaired) electrons. The Bertz CT molecular complexity index is 399. The molecule has 6 heteroatoms. The molecule has 0 aliphatic carbocycles. The molecule has 0 heterocycles. The topological polar surface area (TPSA) is 34.1 Å². The minimum atomic E-state index is -4.95. The summed E-state index contributed by atoms with van der Waals surface area (Å²) in [6, 6.07) is 1.47. The summed E-state index contributed by atoms with van der Waals surface area (Å²) in [5.41, 5.74) is 0. The molecule has 0 saturated carbocycles. The lowest BCUT2D eigenvalue weighted by Crippen LogP contribution is -1.94. The van der Waals surface area contributed by atoms with Crippen molar-refractivity contribution < 1.29 is 21.1 Å². The molecule has 0 unspecified atom stereocenters. The predicted molar refractivity (Wildman–Crippen MR) is 34.7 cm³/mol. The fourth-order valence-corrected chi connectivity index (χ4v) is 1.10. The van der Waals surface area contributed by atoms with E-state index in [1.165, 1.54) is 0 Å². The normalized spacial score (nSPS) is 11.6. The van der Waals surface area contributed by atoms with Crippen molar-refractivity contribution in [3.8, 4) is 0 Å². The van der Waals surface area contributed by atoms with Gasteiger partial charge in [0.05, 0.1) is 0 Å². The van der Waals surface area contributed by atoms with Gasteiger partial charge in [-0.25, -0.2) is 8.78 Å². The van der Waals surface area contributed by atoms with E-state index < -0.39 is 26.8 Å². The van der Waals surface area contributed by atoms with Crippen LogP contribution in [0.25, 0.3) is 0 Å². The van der Waals surface area contributed by atoms with E-state index in [0.717, 1.165) is 0 Å². The molecule has 0 amide bonds. The van der Waals surface area contributed by atoms with Crippen LogP contribution in [0.2, 0.25) is 0 Å². The molecule has 0 N–H and O–H groups in total. The van der Waals surface area contributed by atoms with Crippen molar-refractivity contribution in [2.75, 3.05) is 0 Å². The monoisotopic (exact) mass is 196 g/mol. The lowest BCUT2D eigenvalue weighted by molar-refractivity contribution is 0.502. The molecule has 66 valence electrons. The molecular formula is C6H3F3O2S. The SMILES string of the molecule is O=S(=O)(F)c1ccc(F)c(F)c1. The Hall–Kier alpha value is -1.04. The van der Waals surface area contributed by atoms with Crippen LogP contribution < -0.4 is 0 Å². The van der Waals surface area contributed by atoms with Crippen molar-refractivity contribution in [3.63, 3.8) is 0 Å². The van der Waals surface area contributed by atoms with Gasteiger partial charge in [-0.1, -0.05) is 0 Å². The van der Waals surface area contributed by atoms with E-state index in [9.17, 15) is 21.1 Å². The van der Waals surface area contributed by atoms with Gasteiger partial charge in [0.15, 0.2) is 11.6 Å². The summed E-state index contributed by atoms with van der Waals surface area (Å²) in [4.78, 5) is -0.888. The summed E-state index contributed by atoms with van der Waals surface area (Å²) in [7, 11) is -4.95. The second kappa shape index (κ2) is 2.78. The second-order valence-electron chi connectivity index (χ2n) is 2.01. The van der Waals surface area contributed by atoms with E-state index in [1.54, 1.807) is 0 Å². The van der Waals surface area contributed by atoms with Gasteiger partial charge in [-0.3, -0.25) is 0 Å². The number of hydrogen-bond donors (Lipinski definition) is 0. The van der Waals surface area contributed by atoms with Gasteiger partial charge in [-0.2, -0.15) is 8.42 Å². The van der Waals surface area contributed by atoms with Crippen molar-refractivity contribution in [2.24, 2.45) is 0 Å². The zero-order valence-corrected chi connectivity index (χ0v) is 6.41. The van der Waals surface area contributed by atoms with Gasteiger partial charge in [-0.05, 0) is 18.2 Å². The number of benzene rings is 1. The highest BCUT2D eigenvalue weighted by molar-refractivity contribution is 7.86. The highest BCUT2D eigenvalue weighted by Crippen LogP contribution is 2.15. The van der Waals surface area contributed by atoms with Gasteiger partial charge in [0.2, 0.25) is 0 Å². The summed E-state index contributed by atoms with van der Waals surface area (Å²) in [5, 5.41) is 0. The number of hydrogen-bond acceptors (Lipinski definition) is 2. The Morgan fingerprint density at radius 3 is 2.08 bits per heavy atom. The first-order valence-corrected chi connectivity index (χ1v) is 4.19. The molecule has 0 aliphatic heterocycles. The molecule has 1 rings (SSSR count). The highest BCUT2D eigenvalue weighted by Gasteiger charge is 2.14. The van der Waals surface area contributed by atoms with Crippen LogP contribution in [0, 0.1) is 11.6 Å². The second-order valence-corrected chi connectivity index (χ2v) is 3.36. The van der Waals surface area contributed by atoms with Gasteiger partial charge < -0.3 is 0 Å². The third-order valence-electron chi connectivity index (χ3n) is 1.17. The van der Waals surface area contributed by atoms with Crippen LogP contribution in [0.15, 0.2) is 23.1 Å². The molecular weight excluding hydrogens is 193 g/mol. The van der Waals surface area contributed by atoms with E-state index >= 15 is 0 Å². The van der Waals surface area contributed by atoms with Gasteiger partial charge in [0.25, 0.3) is 0 Å². The molecule has 0 aliphatic rings. The van der Waals surface area contributed by atoms with Crippen LogP contribution in [-0.4, -0.2) is 8.42 Å². The molecule has 0 atom stereocenters. The van der Waals surface area contributed by atoms with Crippen LogP contribution in [0.4, 0.5) is 12.7 Å². The molecule has 0 saturated heterocycles. The van der Waals surface area contributed by atoms with Gasteiger partial charge in [0, 0.05) is 0 Å². The number of rotatable bonds is 1. The third-order valence-corrected chi connectivity index (χ3v) is 1.99. The molecule has 0 aromatic heterocycles. The van der Waals surface area contributed by atoms with Crippen LogP contribution in [0.5, 0.6) is 0 Å². The Labute approximate surface area is 66.8 Å². The van der Waals surface area contributed by atoms with Crippen molar-refractivity contribution in [1.29, 1.82) is 0 Å². The minimum Gasteiger partial charge on any atom is -0.204 e. The van der Waals surface area contributed by atoms with Crippen molar-refractivity contribution >= 4 is 10.2 Å².